The highest BCUT2D eigenvalue weighted by molar-refractivity contribution is 6.06. The minimum absolute atomic E-state index is 0. The number of amides is 2. The first kappa shape index (κ1) is 14.2. The third-order valence-electron chi connectivity index (χ3n) is 2.45. The number of imide groups is 1. The van der Waals surface area contributed by atoms with Gasteiger partial charge in [-0.3, -0.25) is 14.9 Å². The Hall–Kier alpha value is -1.91. The molecule has 0 heterocycles. The van der Waals surface area contributed by atoms with Gasteiger partial charge in [-0.1, -0.05) is 30.3 Å². The van der Waals surface area contributed by atoms with Crippen LogP contribution in [0.4, 0.5) is 0 Å². The van der Waals surface area contributed by atoms with Crippen molar-refractivity contribution in [3.05, 3.63) is 48.0 Å². The maximum Gasteiger partial charge on any atom is 0.257 e. The second-order valence-corrected chi connectivity index (χ2v) is 3.64. The van der Waals surface area contributed by atoms with Crippen molar-refractivity contribution in [1.82, 2.24) is 5.32 Å². The molecule has 0 saturated heterocycles. The van der Waals surface area contributed by atoms with Crippen molar-refractivity contribution in [3.8, 4) is 0 Å². The molecule has 2 aromatic rings. The van der Waals surface area contributed by atoms with Crippen LogP contribution in [-0.4, -0.2) is 18.4 Å². The third-order valence-corrected chi connectivity index (χ3v) is 2.45. The molecule has 0 fully saturated rings. The smallest absolute Gasteiger partial charge is 0.257 e. The van der Waals surface area contributed by atoms with E-state index in [0.29, 0.717) is 5.56 Å². The molecule has 4 nitrogen and oxygen atoms in total. The third kappa shape index (κ3) is 3.06. The number of carbonyl (C=O) groups is 2. The number of hydrogen-bond donors (Lipinski definition) is 2. The topological polar surface area (TPSA) is 72.2 Å². The summed E-state index contributed by atoms with van der Waals surface area (Å²) in [6.45, 7) is -0.195. The summed E-state index contributed by atoms with van der Waals surface area (Å²) in [6, 6.07) is 13.0. The molecule has 0 aliphatic rings. The van der Waals surface area contributed by atoms with Crippen molar-refractivity contribution >= 4 is 35.0 Å². The molecule has 0 aromatic heterocycles. The summed E-state index contributed by atoms with van der Waals surface area (Å²) in [6.07, 6.45) is 0. The summed E-state index contributed by atoms with van der Waals surface area (Å²) in [4.78, 5) is 22.7. The molecule has 0 aliphatic carbocycles. The van der Waals surface area contributed by atoms with E-state index in [1.807, 2.05) is 30.3 Å². The molecule has 0 radical (unpaired) electrons. The van der Waals surface area contributed by atoms with Crippen LogP contribution in [0.5, 0.6) is 0 Å². The van der Waals surface area contributed by atoms with Gasteiger partial charge in [-0.05, 0) is 22.9 Å². The lowest BCUT2D eigenvalue weighted by Crippen LogP contribution is -2.35. The van der Waals surface area contributed by atoms with Gasteiger partial charge < -0.3 is 5.73 Å². The molecule has 94 valence electrons. The molecule has 0 saturated carbocycles. The highest BCUT2D eigenvalue weighted by Gasteiger charge is 2.08. The molecule has 5 heteroatoms. The summed E-state index contributed by atoms with van der Waals surface area (Å²) >= 11 is 0. The zero-order valence-electron chi connectivity index (χ0n) is 9.55. The van der Waals surface area contributed by atoms with Crippen molar-refractivity contribution < 1.29 is 9.59 Å². The minimum atomic E-state index is -0.483. The van der Waals surface area contributed by atoms with Crippen LogP contribution in [0.3, 0.4) is 0 Å². The summed E-state index contributed by atoms with van der Waals surface area (Å²) in [5, 5.41) is 4.22. The van der Waals surface area contributed by atoms with E-state index < -0.39 is 11.8 Å². The Labute approximate surface area is 111 Å². The van der Waals surface area contributed by atoms with Crippen molar-refractivity contribution in [2.24, 2.45) is 5.73 Å². The van der Waals surface area contributed by atoms with E-state index in [-0.39, 0.29) is 19.0 Å². The molecule has 18 heavy (non-hydrogen) atoms. The molecule has 0 aliphatic heterocycles. The van der Waals surface area contributed by atoms with E-state index in [1.54, 1.807) is 12.1 Å². The Kier molecular flexibility index (Phi) is 4.83. The van der Waals surface area contributed by atoms with E-state index in [4.69, 9.17) is 5.73 Å². The lowest BCUT2D eigenvalue weighted by atomic mass is 10.1. The van der Waals surface area contributed by atoms with Crippen LogP contribution < -0.4 is 11.1 Å². The number of hydrogen-bond acceptors (Lipinski definition) is 3. The lowest BCUT2D eigenvalue weighted by molar-refractivity contribution is -0.118. The largest absolute Gasteiger partial charge is 0.322 e. The Balaban J connectivity index is 0.00000162. The highest BCUT2D eigenvalue weighted by atomic mass is 35.5. The molecule has 2 rings (SSSR count). The van der Waals surface area contributed by atoms with Crippen LogP contribution in [0, 0.1) is 0 Å². The molecule has 0 bridgehead atoms. The summed E-state index contributed by atoms with van der Waals surface area (Å²) in [5.74, 6) is -0.908. The monoisotopic (exact) mass is 264 g/mol. The van der Waals surface area contributed by atoms with Crippen LogP contribution in [-0.2, 0) is 4.79 Å². The van der Waals surface area contributed by atoms with E-state index >= 15 is 0 Å². The second-order valence-electron chi connectivity index (χ2n) is 3.64. The van der Waals surface area contributed by atoms with Gasteiger partial charge in [0.25, 0.3) is 5.91 Å². The second kappa shape index (κ2) is 6.14. The molecule has 2 aromatic carbocycles. The normalized spacial score (nSPS) is 9.61. The van der Waals surface area contributed by atoms with Gasteiger partial charge in [0.05, 0.1) is 6.54 Å². The number of benzene rings is 2. The van der Waals surface area contributed by atoms with Crippen molar-refractivity contribution in [3.63, 3.8) is 0 Å². The highest BCUT2D eigenvalue weighted by Crippen LogP contribution is 2.15. The number of rotatable bonds is 2. The fraction of sp³-hybridized carbons (Fsp3) is 0.0769. The van der Waals surface area contributed by atoms with Crippen LogP contribution in [0.2, 0.25) is 0 Å². The van der Waals surface area contributed by atoms with Gasteiger partial charge >= 0.3 is 0 Å². The summed E-state index contributed by atoms with van der Waals surface area (Å²) in [7, 11) is 0. The number of nitrogens with one attached hydrogen (secondary N) is 1. The van der Waals surface area contributed by atoms with Gasteiger partial charge in [-0.15, -0.1) is 12.4 Å². The average molecular weight is 265 g/mol. The molecule has 0 unspecified atom stereocenters. The number of nitrogens with two attached hydrogens (primary N) is 1. The lowest BCUT2D eigenvalue weighted by Gasteiger charge is -2.04. The van der Waals surface area contributed by atoms with E-state index in [0.717, 1.165) is 10.8 Å². The van der Waals surface area contributed by atoms with Crippen LogP contribution >= 0.6 is 12.4 Å². The predicted octanol–water partition coefficient (Wildman–Crippen LogP) is 1.48. The first-order valence-corrected chi connectivity index (χ1v) is 5.24. The SMILES string of the molecule is Cl.NCC(=O)NC(=O)c1ccc2ccccc2c1. The zero-order valence-corrected chi connectivity index (χ0v) is 10.4. The molecule has 0 atom stereocenters. The Morgan fingerprint density at radius 3 is 2.39 bits per heavy atom. The van der Waals surface area contributed by atoms with Crippen molar-refractivity contribution in [1.29, 1.82) is 0 Å². The molecule has 0 spiro atoms. The summed E-state index contributed by atoms with van der Waals surface area (Å²) < 4.78 is 0. The first-order valence-electron chi connectivity index (χ1n) is 5.24. The van der Waals surface area contributed by atoms with Gasteiger partial charge in [-0.2, -0.15) is 0 Å². The van der Waals surface area contributed by atoms with Crippen molar-refractivity contribution in [2.75, 3.05) is 6.54 Å². The van der Waals surface area contributed by atoms with Crippen LogP contribution in [0.15, 0.2) is 42.5 Å². The van der Waals surface area contributed by atoms with Crippen LogP contribution in [0.1, 0.15) is 10.4 Å². The number of halogens is 1. The zero-order chi connectivity index (χ0) is 12.3. The molecular weight excluding hydrogens is 252 g/mol. The number of carbonyl (C=O) groups excluding carboxylic acids is 2. The predicted molar refractivity (Wildman–Crippen MR) is 72.7 cm³/mol. The van der Waals surface area contributed by atoms with E-state index in [9.17, 15) is 9.59 Å². The van der Waals surface area contributed by atoms with Crippen LogP contribution in [0.25, 0.3) is 10.8 Å². The standard InChI is InChI=1S/C13H12N2O2.ClH/c14-8-12(16)15-13(17)11-6-5-9-3-1-2-4-10(9)7-11;/h1-7H,8,14H2,(H,15,16,17);1H. The van der Waals surface area contributed by atoms with E-state index in [2.05, 4.69) is 5.32 Å². The maximum absolute atomic E-state index is 11.7. The van der Waals surface area contributed by atoms with Gasteiger partial charge in [0.15, 0.2) is 0 Å². The Morgan fingerprint density at radius 1 is 1.06 bits per heavy atom. The average Bonchev–Trinajstić information content (AvgIpc) is 2.38. The van der Waals surface area contributed by atoms with Gasteiger partial charge in [0, 0.05) is 5.56 Å². The maximum atomic E-state index is 11.7. The minimum Gasteiger partial charge on any atom is -0.322 e. The van der Waals surface area contributed by atoms with Gasteiger partial charge in [-0.25, -0.2) is 0 Å². The van der Waals surface area contributed by atoms with E-state index in [1.165, 1.54) is 0 Å². The molecule has 2 amide bonds. The van der Waals surface area contributed by atoms with Crippen molar-refractivity contribution in [2.45, 2.75) is 0 Å². The Morgan fingerprint density at radius 2 is 1.72 bits per heavy atom. The molecule has 3 N–H and O–H groups in total. The first-order chi connectivity index (χ1) is 8.20. The fourth-order valence-corrected chi connectivity index (χ4v) is 1.58. The van der Waals surface area contributed by atoms with Gasteiger partial charge in [0.1, 0.15) is 0 Å². The fourth-order valence-electron chi connectivity index (χ4n) is 1.58. The van der Waals surface area contributed by atoms with Gasteiger partial charge in [0.2, 0.25) is 5.91 Å². The quantitative estimate of drug-likeness (QED) is 0.863. The summed E-state index contributed by atoms with van der Waals surface area (Å²) in [5.41, 5.74) is 5.57. The molecular formula is C13H13ClN2O2. The Bertz CT molecular complexity index is 584. The number of fused-ring (bicyclic) bond motifs is 1.